The zero-order chi connectivity index (χ0) is 19.9. The van der Waals surface area contributed by atoms with Crippen molar-refractivity contribution >= 4 is 17.5 Å². The van der Waals surface area contributed by atoms with Gasteiger partial charge < -0.3 is 15.2 Å². The van der Waals surface area contributed by atoms with E-state index in [9.17, 15) is 13.6 Å². The maximum absolute atomic E-state index is 14.3. The highest BCUT2D eigenvalue weighted by atomic mass is 19.1. The standard InChI is InChI=1S/C21H18F2N2O3/c22-16-12-14(13-17(23)21(16)28-11-5-10-20(26)27)18-8-4-9-19(25-18)24-15-6-2-1-3-7-15/h1-4,6-9,12-13H,5,10-11H2,(H,24,25)(H,26,27). The molecule has 0 bridgehead atoms. The average Bonchev–Trinajstić information content (AvgIpc) is 2.67. The first-order valence-electron chi connectivity index (χ1n) is 8.66. The minimum Gasteiger partial charge on any atom is -0.488 e. The van der Waals surface area contributed by atoms with Gasteiger partial charge >= 0.3 is 5.97 Å². The molecule has 0 radical (unpaired) electrons. The SMILES string of the molecule is O=C(O)CCCOc1c(F)cc(-c2cccc(Nc3ccccc3)n2)cc1F. The lowest BCUT2D eigenvalue weighted by atomic mass is 10.1. The second-order valence-corrected chi connectivity index (χ2v) is 6.01. The van der Waals surface area contributed by atoms with Crippen LogP contribution in [0.2, 0.25) is 0 Å². The Balaban J connectivity index is 1.76. The average molecular weight is 384 g/mol. The van der Waals surface area contributed by atoms with Crippen LogP contribution in [0.25, 0.3) is 11.3 Å². The van der Waals surface area contributed by atoms with E-state index in [1.54, 1.807) is 18.2 Å². The maximum Gasteiger partial charge on any atom is 0.303 e. The lowest BCUT2D eigenvalue weighted by Crippen LogP contribution is -2.05. The summed E-state index contributed by atoms with van der Waals surface area (Å²) in [6.45, 7) is -0.0891. The Hall–Kier alpha value is -3.48. The molecule has 2 N–H and O–H groups in total. The first kappa shape index (κ1) is 19.3. The van der Waals surface area contributed by atoms with Crippen LogP contribution >= 0.6 is 0 Å². The van der Waals surface area contributed by atoms with Gasteiger partial charge in [0.25, 0.3) is 0 Å². The van der Waals surface area contributed by atoms with Crippen molar-refractivity contribution in [3.63, 3.8) is 0 Å². The van der Waals surface area contributed by atoms with E-state index in [-0.39, 0.29) is 25.0 Å². The number of ether oxygens (including phenoxy) is 1. The van der Waals surface area contributed by atoms with E-state index in [0.29, 0.717) is 11.5 Å². The van der Waals surface area contributed by atoms with Gasteiger partial charge in [0.15, 0.2) is 17.4 Å². The van der Waals surface area contributed by atoms with Crippen LogP contribution in [0.3, 0.4) is 0 Å². The molecule has 0 aliphatic rings. The van der Waals surface area contributed by atoms with E-state index in [0.717, 1.165) is 17.8 Å². The smallest absolute Gasteiger partial charge is 0.303 e. The molecule has 0 atom stereocenters. The van der Waals surface area contributed by atoms with Crippen LogP contribution in [-0.2, 0) is 4.79 Å². The number of nitrogens with one attached hydrogen (secondary N) is 1. The number of nitrogens with zero attached hydrogens (tertiary/aromatic N) is 1. The molecule has 7 heteroatoms. The second kappa shape index (κ2) is 8.94. The van der Waals surface area contributed by atoms with Crippen molar-refractivity contribution in [3.05, 3.63) is 72.3 Å². The maximum atomic E-state index is 14.3. The van der Waals surface area contributed by atoms with Crippen LogP contribution in [0.4, 0.5) is 20.3 Å². The van der Waals surface area contributed by atoms with E-state index < -0.39 is 23.4 Å². The molecular weight excluding hydrogens is 366 g/mol. The van der Waals surface area contributed by atoms with Crippen molar-refractivity contribution in [1.29, 1.82) is 0 Å². The molecule has 0 saturated heterocycles. The summed E-state index contributed by atoms with van der Waals surface area (Å²) in [6, 6.07) is 16.8. The summed E-state index contributed by atoms with van der Waals surface area (Å²) in [5.41, 5.74) is 1.51. The Kier molecular flexibility index (Phi) is 6.16. The quantitative estimate of drug-likeness (QED) is 0.534. The zero-order valence-electron chi connectivity index (χ0n) is 14.9. The number of carbonyl (C=O) groups is 1. The fraction of sp³-hybridized carbons (Fsp3) is 0.143. The van der Waals surface area contributed by atoms with E-state index in [1.807, 2.05) is 30.3 Å². The number of aliphatic carboxylic acids is 1. The Morgan fingerprint density at radius 1 is 1.04 bits per heavy atom. The molecule has 0 amide bonds. The van der Waals surface area contributed by atoms with Gasteiger partial charge in [-0.2, -0.15) is 0 Å². The molecule has 0 saturated carbocycles. The van der Waals surface area contributed by atoms with Gasteiger partial charge in [0.05, 0.1) is 12.3 Å². The molecule has 144 valence electrons. The van der Waals surface area contributed by atoms with Gasteiger partial charge in [0.1, 0.15) is 5.82 Å². The number of aromatic nitrogens is 1. The molecule has 5 nitrogen and oxygen atoms in total. The number of para-hydroxylation sites is 1. The minimum atomic E-state index is -0.991. The molecular formula is C21H18F2N2O3. The van der Waals surface area contributed by atoms with E-state index in [2.05, 4.69) is 10.3 Å². The third kappa shape index (κ3) is 5.03. The summed E-state index contributed by atoms with van der Waals surface area (Å²) in [5.74, 6) is -2.71. The van der Waals surface area contributed by atoms with Crippen LogP contribution in [0, 0.1) is 11.6 Å². The highest BCUT2D eigenvalue weighted by molar-refractivity contribution is 5.66. The minimum absolute atomic E-state index is 0.0891. The van der Waals surface area contributed by atoms with Crippen molar-refractivity contribution < 1.29 is 23.4 Å². The highest BCUT2D eigenvalue weighted by Crippen LogP contribution is 2.29. The number of pyridine rings is 1. The molecule has 0 spiro atoms. The molecule has 1 aromatic heterocycles. The van der Waals surface area contributed by atoms with Gasteiger partial charge in [-0.05, 0) is 42.8 Å². The number of hydrogen-bond acceptors (Lipinski definition) is 4. The Morgan fingerprint density at radius 3 is 2.43 bits per heavy atom. The van der Waals surface area contributed by atoms with Crippen LogP contribution < -0.4 is 10.1 Å². The van der Waals surface area contributed by atoms with Crippen molar-refractivity contribution in [2.24, 2.45) is 0 Å². The second-order valence-electron chi connectivity index (χ2n) is 6.01. The molecule has 3 aromatic rings. The number of anilines is 2. The number of carboxylic acid groups (broad SMARTS) is 1. The third-order valence-electron chi connectivity index (χ3n) is 3.87. The Bertz CT molecular complexity index is 942. The number of benzene rings is 2. The van der Waals surface area contributed by atoms with Crippen LogP contribution in [0.5, 0.6) is 5.75 Å². The van der Waals surface area contributed by atoms with Crippen LogP contribution in [0.15, 0.2) is 60.7 Å². The van der Waals surface area contributed by atoms with E-state index in [1.165, 1.54) is 0 Å². The molecule has 0 unspecified atom stereocenters. The van der Waals surface area contributed by atoms with Crippen LogP contribution in [-0.4, -0.2) is 22.7 Å². The van der Waals surface area contributed by atoms with Gasteiger partial charge in [0.2, 0.25) is 0 Å². The first-order valence-corrected chi connectivity index (χ1v) is 8.66. The zero-order valence-corrected chi connectivity index (χ0v) is 14.9. The van der Waals surface area contributed by atoms with E-state index >= 15 is 0 Å². The molecule has 0 aliphatic heterocycles. The van der Waals surface area contributed by atoms with Crippen molar-refractivity contribution in [1.82, 2.24) is 4.98 Å². The number of rotatable bonds is 8. The Morgan fingerprint density at radius 2 is 1.75 bits per heavy atom. The number of carboxylic acids is 1. The fourth-order valence-corrected chi connectivity index (χ4v) is 2.58. The predicted molar refractivity (Wildman–Crippen MR) is 102 cm³/mol. The van der Waals surface area contributed by atoms with Gasteiger partial charge in [-0.25, -0.2) is 13.8 Å². The fourth-order valence-electron chi connectivity index (χ4n) is 2.58. The largest absolute Gasteiger partial charge is 0.488 e. The predicted octanol–water partition coefficient (Wildman–Crippen LogP) is 5.01. The van der Waals surface area contributed by atoms with Crippen molar-refractivity contribution in [3.8, 4) is 17.0 Å². The van der Waals surface area contributed by atoms with Crippen molar-refractivity contribution in [2.45, 2.75) is 12.8 Å². The topological polar surface area (TPSA) is 71.5 Å². The monoisotopic (exact) mass is 384 g/mol. The van der Waals surface area contributed by atoms with Crippen molar-refractivity contribution in [2.75, 3.05) is 11.9 Å². The molecule has 28 heavy (non-hydrogen) atoms. The molecule has 0 fully saturated rings. The lowest BCUT2D eigenvalue weighted by Gasteiger charge is -2.11. The first-order chi connectivity index (χ1) is 13.5. The summed E-state index contributed by atoms with van der Waals surface area (Å²) in [5, 5.41) is 11.7. The number of halogens is 2. The van der Waals surface area contributed by atoms with Gasteiger partial charge in [0, 0.05) is 17.7 Å². The van der Waals surface area contributed by atoms with Gasteiger partial charge in [-0.15, -0.1) is 0 Å². The summed E-state index contributed by atoms with van der Waals surface area (Å²) in [4.78, 5) is 14.9. The normalized spacial score (nSPS) is 10.5. The molecule has 3 rings (SSSR count). The van der Waals surface area contributed by atoms with Gasteiger partial charge in [-0.1, -0.05) is 24.3 Å². The lowest BCUT2D eigenvalue weighted by molar-refractivity contribution is -0.137. The summed E-state index contributed by atoms with van der Waals surface area (Å²) < 4.78 is 33.7. The summed E-state index contributed by atoms with van der Waals surface area (Å²) in [7, 11) is 0. The number of hydrogen-bond donors (Lipinski definition) is 2. The summed E-state index contributed by atoms with van der Waals surface area (Å²) in [6.07, 6.45) is 0.0250. The molecule has 1 heterocycles. The van der Waals surface area contributed by atoms with Gasteiger partial charge in [-0.3, -0.25) is 4.79 Å². The Labute approximate surface area is 160 Å². The highest BCUT2D eigenvalue weighted by Gasteiger charge is 2.15. The molecule has 0 aliphatic carbocycles. The summed E-state index contributed by atoms with van der Waals surface area (Å²) >= 11 is 0. The molecule has 2 aromatic carbocycles. The van der Waals surface area contributed by atoms with E-state index in [4.69, 9.17) is 9.84 Å². The van der Waals surface area contributed by atoms with Crippen LogP contribution in [0.1, 0.15) is 12.8 Å². The third-order valence-corrected chi connectivity index (χ3v) is 3.87.